The van der Waals surface area contributed by atoms with Gasteiger partial charge in [0, 0.05) is 11.7 Å². The molecule has 0 aliphatic carbocycles. The number of carbonyl (C=O) groups is 1. The third kappa shape index (κ3) is 2.72. The summed E-state index contributed by atoms with van der Waals surface area (Å²) in [6.45, 7) is 0.0476. The average molecular weight is 259 g/mol. The van der Waals surface area contributed by atoms with Crippen LogP contribution in [0, 0.1) is 18.2 Å². The molecule has 0 atom stereocenters. The van der Waals surface area contributed by atoms with Gasteiger partial charge in [0.05, 0.1) is 11.9 Å². The minimum Gasteiger partial charge on any atom is -0.359 e. The number of hydrogen-bond donors (Lipinski definition) is 3. The number of amides is 2. The number of hydrogen-bond acceptors (Lipinski definition) is 2. The number of terminal acetylenes is 1. The molecule has 1 aromatic carbocycles. The highest BCUT2D eigenvalue weighted by atomic mass is 19.1. The van der Waals surface area contributed by atoms with E-state index in [0.717, 1.165) is 6.07 Å². The molecule has 5 nitrogen and oxygen atoms in total. The van der Waals surface area contributed by atoms with Gasteiger partial charge < -0.3 is 15.6 Å². The Morgan fingerprint density at radius 3 is 3.00 bits per heavy atom. The summed E-state index contributed by atoms with van der Waals surface area (Å²) >= 11 is 0. The minimum absolute atomic E-state index is 0.0209. The van der Waals surface area contributed by atoms with E-state index >= 15 is 0 Å². The summed E-state index contributed by atoms with van der Waals surface area (Å²) < 4.78 is 13.1. The molecule has 96 valence electrons. The summed E-state index contributed by atoms with van der Waals surface area (Å²) in [7, 11) is 0. The molecule has 0 unspecified atom stereocenters. The lowest BCUT2D eigenvalue weighted by Gasteiger charge is -2.06. The van der Waals surface area contributed by atoms with E-state index in [1.807, 2.05) is 0 Å². The van der Waals surface area contributed by atoms with Crippen molar-refractivity contribution >= 4 is 22.6 Å². The predicted molar refractivity (Wildman–Crippen MR) is 70.4 cm³/mol. The molecule has 0 saturated heterocycles. The fourth-order valence-corrected chi connectivity index (χ4v) is 1.58. The maximum atomic E-state index is 13.1. The SMILES string of the molecule is C#CCNC(=O)Nc1c[nH]c2ccc(F)cc2c1=O. The Kier molecular flexibility index (Phi) is 3.48. The van der Waals surface area contributed by atoms with Crippen molar-refractivity contribution in [2.45, 2.75) is 0 Å². The Balaban J connectivity index is 2.35. The first kappa shape index (κ1) is 12.6. The number of carbonyl (C=O) groups excluding carboxylic acids is 1. The molecule has 19 heavy (non-hydrogen) atoms. The van der Waals surface area contributed by atoms with Crippen molar-refractivity contribution in [1.29, 1.82) is 0 Å². The molecule has 0 bridgehead atoms. The van der Waals surface area contributed by atoms with Crippen LogP contribution in [0.2, 0.25) is 0 Å². The quantitative estimate of drug-likeness (QED) is 0.713. The average Bonchev–Trinajstić information content (AvgIpc) is 2.40. The van der Waals surface area contributed by atoms with Crippen molar-refractivity contribution in [3.05, 3.63) is 40.4 Å². The molecule has 6 heteroatoms. The van der Waals surface area contributed by atoms with Gasteiger partial charge in [-0.15, -0.1) is 6.42 Å². The summed E-state index contributed by atoms with van der Waals surface area (Å²) in [4.78, 5) is 26.2. The van der Waals surface area contributed by atoms with Gasteiger partial charge in [-0.05, 0) is 18.2 Å². The number of aromatic nitrogens is 1. The van der Waals surface area contributed by atoms with Crippen LogP contribution >= 0.6 is 0 Å². The lowest BCUT2D eigenvalue weighted by molar-refractivity contribution is 0.253. The molecular weight excluding hydrogens is 249 g/mol. The number of pyridine rings is 1. The molecule has 0 spiro atoms. The van der Waals surface area contributed by atoms with Gasteiger partial charge in [-0.1, -0.05) is 5.92 Å². The zero-order valence-corrected chi connectivity index (χ0v) is 9.79. The van der Waals surface area contributed by atoms with Crippen molar-refractivity contribution in [2.75, 3.05) is 11.9 Å². The van der Waals surface area contributed by atoms with Crippen molar-refractivity contribution < 1.29 is 9.18 Å². The van der Waals surface area contributed by atoms with Crippen LogP contribution < -0.4 is 16.1 Å². The molecule has 2 rings (SSSR count). The number of benzene rings is 1. The largest absolute Gasteiger partial charge is 0.359 e. The summed E-state index contributed by atoms with van der Waals surface area (Å²) in [5.41, 5.74) is 0.0395. The Hall–Kier alpha value is -2.81. The van der Waals surface area contributed by atoms with Crippen molar-refractivity contribution in [1.82, 2.24) is 10.3 Å². The van der Waals surface area contributed by atoms with Crippen LogP contribution in [0.4, 0.5) is 14.9 Å². The maximum Gasteiger partial charge on any atom is 0.320 e. The summed E-state index contributed by atoms with van der Waals surface area (Å²) in [5, 5.41) is 4.86. The van der Waals surface area contributed by atoms with E-state index in [1.54, 1.807) is 0 Å². The number of halogens is 1. The van der Waals surface area contributed by atoms with E-state index in [4.69, 9.17) is 6.42 Å². The van der Waals surface area contributed by atoms with Gasteiger partial charge in [0.1, 0.15) is 11.5 Å². The van der Waals surface area contributed by atoms with Gasteiger partial charge in [-0.25, -0.2) is 9.18 Å². The lowest BCUT2D eigenvalue weighted by Crippen LogP contribution is -2.31. The highest BCUT2D eigenvalue weighted by Gasteiger charge is 2.08. The highest BCUT2D eigenvalue weighted by Crippen LogP contribution is 2.11. The second kappa shape index (κ2) is 5.23. The van der Waals surface area contributed by atoms with Gasteiger partial charge in [-0.3, -0.25) is 4.79 Å². The molecule has 0 aliphatic rings. The molecule has 0 aliphatic heterocycles. The Labute approximate surface area is 107 Å². The smallest absolute Gasteiger partial charge is 0.320 e. The monoisotopic (exact) mass is 259 g/mol. The molecule has 2 amide bonds. The van der Waals surface area contributed by atoms with E-state index in [1.165, 1.54) is 18.3 Å². The van der Waals surface area contributed by atoms with Crippen LogP contribution in [0.15, 0.2) is 29.2 Å². The van der Waals surface area contributed by atoms with Gasteiger partial charge in [0.2, 0.25) is 5.43 Å². The number of aromatic amines is 1. The molecule has 0 saturated carbocycles. The zero-order chi connectivity index (χ0) is 13.8. The third-order valence-electron chi connectivity index (χ3n) is 2.44. The Morgan fingerprint density at radius 2 is 2.26 bits per heavy atom. The molecular formula is C13H10FN3O2. The third-order valence-corrected chi connectivity index (χ3v) is 2.44. The van der Waals surface area contributed by atoms with Crippen LogP contribution in [0.3, 0.4) is 0 Å². The second-order valence-electron chi connectivity index (χ2n) is 3.73. The first-order valence-electron chi connectivity index (χ1n) is 5.41. The van der Waals surface area contributed by atoms with Gasteiger partial charge in [-0.2, -0.15) is 0 Å². The molecule has 0 fully saturated rings. The van der Waals surface area contributed by atoms with E-state index in [2.05, 4.69) is 21.5 Å². The Bertz CT molecular complexity index is 731. The normalized spacial score (nSPS) is 9.89. The van der Waals surface area contributed by atoms with Crippen LogP contribution in [0.1, 0.15) is 0 Å². The van der Waals surface area contributed by atoms with Gasteiger partial charge in [0.15, 0.2) is 0 Å². The first-order chi connectivity index (χ1) is 9.11. The number of H-pyrrole nitrogens is 1. The topological polar surface area (TPSA) is 74.0 Å². The van der Waals surface area contributed by atoms with E-state index < -0.39 is 17.3 Å². The lowest BCUT2D eigenvalue weighted by atomic mass is 10.2. The number of nitrogens with one attached hydrogen (secondary N) is 3. The van der Waals surface area contributed by atoms with E-state index in [0.29, 0.717) is 5.52 Å². The van der Waals surface area contributed by atoms with Crippen LogP contribution in [-0.2, 0) is 0 Å². The Morgan fingerprint density at radius 1 is 1.47 bits per heavy atom. The maximum absolute atomic E-state index is 13.1. The molecule has 0 radical (unpaired) electrons. The van der Waals surface area contributed by atoms with Gasteiger partial charge >= 0.3 is 6.03 Å². The van der Waals surface area contributed by atoms with E-state index in [9.17, 15) is 14.0 Å². The van der Waals surface area contributed by atoms with E-state index in [-0.39, 0.29) is 17.6 Å². The molecule has 1 aromatic heterocycles. The standard InChI is InChI=1S/C13H10FN3O2/c1-2-5-15-13(19)17-11-7-16-10-4-3-8(14)6-9(10)12(11)18/h1,3-4,6-7H,5H2,(H,16,18)(H2,15,17,19). The molecule has 2 aromatic rings. The minimum atomic E-state index is -0.598. The zero-order valence-electron chi connectivity index (χ0n) is 9.79. The molecule has 3 N–H and O–H groups in total. The fourth-order valence-electron chi connectivity index (χ4n) is 1.58. The number of anilines is 1. The highest BCUT2D eigenvalue weighted by molar-refractivity contribution is 5.91. The second-order valence-corrected chi connectivity index (χ2v) is 3.73. The molecule has 1 heterocycles. The number of urea groups is 1. The van der Waals surface area contributed by atoms with Crippen molar-refractivity contribution in [3.8, 4) is 12.3 Å². The van der Waals surface area contributed by atoms with Crippen molar-refractivity contribution in [2.24, 2.45) is 0 Å². The van der Waals surface area contributed by atoms with Crippen LogP contribution in [0.5, 0.6) is 0 Å². The fraction of sp³-hybridized carbons (Fsp3) is 0.0769. The van der Waals surface area contributed by atoms with Crippen molar-refractivity contribution in [3.63, 3.8) is 0 Å². The van der Waals surface area contributed by atoms with Crippen LogP contribution in [-0.4, -0.2) is 17.6 Å². The summed E-state index contributed by atoms with van der Waals surface area (Å²) in [6, 6.07) is 3.21. The number of fused-ring (bicyclic) bond motifs is 1. The summed E-state index contributed by atoms with van der Waals surface area (Å²) in [5.74, 6) is 1.71. The van der Waals surface area contributed by atoms with Gasteiger partial charge in [0.25, 0.3) is 0 Å². The summed E-state index contributed by atoms with van der Waals surface area (Å²) in [6.07, 6.45) is 6.33. The predicted octanol–water partition coefficient (Wildman–Crippen LogP) is 1.42. The van der Waals surface area contributed by atoms with Crippen LogP contribution in [0.25, 0.3) is 10.9 Å². The number of rotatable bonds is 2. The first-order valence-corrected chi connectivity index (χ1v) is 5.41.